The van der Waals surface area contributed by atoms with Crippen LogP contribution in [0.2, 0.25) is 5.28 Å². The highest BCUT2D eigenvalue weighted by Crippen LogP contribution is 2.19. The Bertz CT molecular complexity index is 1650. The van der Waals surface area contributed by atoms with Gasteiger partial charge in [-0.15, -0.1) is 10.2 Å². The molecule has 0 aliphatic rings. The van der Waals surface area contributed by atoms with Crippen LogP contribution in [0.25, 0.3) is 33.7 Å². The maximum atomic E-state index is 5.77. The fourth-order valence-electron chi connectivity index (χ4n) is 3.35. The number of hydrogen-bond acceptors (Lipinski definition) is 12. The lowest BCUT2D eigenvalue weighted by Crippen LogP contribution is -2.01. The standard InChI is InChI=1S/C12H12N6O.C11H8ClN5O.CH5N/c1-13-12-14-7-10-11(15-12)18(17-16-10)8-3-5-9(19-2)6-4-8;1-18-8-4-2-7(3-5-8)17-10-9(15-16-17)6-13-11(12)14-10;1-2/h3-7H,1-2H3,(H,13,14,15);2-6H,1H3;2H2,1H3. The van der Waals surface area contributed by atoms with E-state index in [1.54, 1.807) is 36.8 Å². The number of methoxy groups -OCH3 is 2. The van der Waals surface area contributed by atoms with Crippen molar-refractivity contribution in [2.45, 2.75) is 0 Å². The van der Waals surface area contributed by atoms with Gasteiger partial charge in [0.15, 0.2) is 22.3 Å². The van der Waals surface area contributed by atoms with Crippen molar-refractivity contribution < 1.29 is 9.47 Å². The van der Waals surface area contributed by atoms with Gasteiger partial charge in [0.05, 0.1) is 38.0 Å². The average molecular weight is 549 g/mol. The van der Waals surface area contributed by atoms with E-state index in [1.165, 1.54) is 13.2 Å². The van der Waals surface area contributed by atoms with Gasteiger partial charge in [0.1, 0.15) is 11.5 Å². The van der Waals surface area contributed by atoms with Crippen molar-refractivity contribution in [3.05, 3.63) is 66.2 Å². The predicted molar refractivity (Wildman–Crippen MR) is 147 cm³/mol. The van der Waals surface area contributed by atoms with Crippen LogP contribution in [-0.2, 0) is 0 Å². The SMILES string of the molecule is CN.CNc1ncc2nnn(-c3ccc(OC)cc3)c2n1.COc1ccc(-n2nnc3cnc(Cl)nc32)cc1. The first-order valence-corrected chi connectivity index (χ1v) is 11.8. The molecule has 0 bridgehead atoms. The molecule has 6 aromatic rings. The number of benzene rings is 2. The van der Waals surface area contributed by atoms with E-state index >= 15 is 0 Å². The fraction of sp³-hybridized carbons (Fsp3) is 0.167. The van der Waals surface area contributed by atoms with Crippen LogP contribution in [0.15, 0.2) is 60.9 Å². The summed E-state index contributed by atoms with van der Waals surface area (Å²) in [5.41, 5.74) is 8.66. The highest BCUT2D eigenvalue weighted by atomic mass is 35.5. The van der Waals surface area contributed by atoms with Crippen molar-refractivity contribution in [3.63, 3.8) is 0 Å². The van der Waals surface area contributed by atoms with Crippen LogP contribution in [0.5, 0.6) is 11.5 Å². The number of nitrogens with zero attached hydrogens (tertiary/aromatic N) is 10. The third-order valence-corrected chi connectivity index (χ3v) is 5.40. The summed E-state index contributed by atoms with van der Waals surface area (Å²) in [7, 11) is 6.52. The van der Waals surface area contributed by atoms with Crippen LogP contribution >= 0.6 is 11.6 Å². The second-order valence-electron chi connectivity index (χ2n) is 7.40. The van der Waals surface area contributed by atoms with Crippen molar-refractivity contribution >= 4 is 39.9 Å². The molecule has 0 atom stereocenters. The van der Waals surface area contributed by atoms with Crippen LogP contribution in [0.3, 0.4) is 0 Å². The normalized spacial score (nSPS) is 10.3. The summed E-state index contributed by atoms with van der Waals surface area (Å²) < 4.78 is 13.5. The maximum absolute atomic E-state index is 5.77. The third kappa shape index (κ3) is 5.97. The second kappa shape index (κ2) is 12.5. The molecule has 39 heavy (non-hydrogen) atoms. The van der Waals surface area contributed by atoms with Gasteiger partial charge in [-0.1, -0.05) is 10.4 Å². The van der Waals surface area contributed by atoms with E-state index in [-0.39, 0.29) is 5.28 Å². The number of nitrogens with two attached hydrogens (primary N) is 1. The van der Waals surface area contributed by atoms with E-state index < -0.39 is 0 Å². The van der Waals surface area contributed by atoms with Gasteiger partial charge in [0.2, 0.25) is 11.2 Å². The molecule has 3 N–H and O–H groups in total. The molecule has 0 radical (unpaired) electrons. The van der Waals surface area contributed by atoms with Gasteiger partial charge in [0.25, 0.3) is 0 Å². The molecule has 15 heteroatoms. The molecule has 4 aromatic heterocycles. The summed E-state index contributed by atoms with van der Waals surface area (Å²) in [6.07, 6.45) is 3.18. The molecule has 0 saturated carbocycles. The Balaban J connectivity index is 0.000000170. The van der Waals surface area contributed by atoms with Gasteiger partial charge in [0, 0.05) is 7.05 Å². The minimum atomic E-state index is 0.166. The Hall–Kier alpha value is -4.95. The van der Waals surface area contributed by atoms with Crippen molar-refractivity contribution in [1.82, 2.24) is 49.9 Å². The number of halogens is 1. The van der Waals surface area contributed by atoms with E-state index in [4.69, 9.17) is 21.1 Å². The molecule has 0 unspecified atom stereocenters. The molecule has 4 heterocycles. The second-order valence-corrected chi connectivity index (χ2v) is 7.74. The quantitative estimate of drug-likeness (QED) is 0.302. The first-order valence-electron chi connectivity index (χ1n) is 11.5. The lowest BCUT2D eigenvalue weighted by atomic mass is 10.3. The molecule has 0 aliphatic heterocycles. The number of rotatable bonds is 5. The summed E-state index contributed by atoms with van der Waals surface area (Å²) in [4.78, 5) is 16.4. The Kier molecular flexibility index (Phi) is 8.71. The smallest absolute Gasteiger partial charge is 0.224 e. The summed E-state index contributed by atoms with van der Waals surface area (Å²) in [5.74, 6) is 2.10. The molecule has 0 spiro atoms. The highest BCUT2D eigenvalue weighted by molar-refractivity contribution is 6.28. The molecular formula is C24H25ClN12O2. The van der Waals surface area contributed by atoms with Gasteiger partial charge >= 0.3 is 0 Å². The first-order chi connectivity index (χ1) is 19.1. The van der Waals surface area contributed by atoms with Crippen molar-refractivity contribution in [1.29, 1.82) is 0 Å². The largest absolute Gasteiger partial charge is 0.497 e. The average Bonchev–Trinajstić information content (AvgIpc) is 3.62. The summed E-state index contributed by atoms with van der Waals surface area (Å²) in [5, 5.41) is 19.2. The van der Waals surface area contributed by atoms with E-state index in [2.05, 4.69) is 51.6 Å². The molecule has 14 nitrogen and oxygen atoms in total. The van der Waals surface area contributed by atoms with E-state index in [9.17, 15) is 0 Å². The van der Waals surface area contributed by atoms with E-state index in [0.29, 0.717) is 28.3 Å². The zero-order valence-corrected chi connectivity index (χ0v) is 22.3. The Morgan fingerprint density at radius 1 is 0.718 bits per heavy atom. The van der Waals surface area contributed by atoms with Crippen LogP contribution in [0, 0.1) is 0 Å². The van der Waals surface area contributed by atoms with Crippen molar-refractivity contribution in [2.24, 2.45) is 5.73 Å². The van der Waals surface area contributed by atoms with Crippen LogP contribution < -0.4 is 20.5 Å². The Morgan fingerprint density at radius 2 is 1.18 bits per heavy atom. The molecule has 6 rings (SSSR count). The highest BCUT2D eigenvalue weighted by Gasteiger charge is 2.10. The number of hydrogen-bond donors (Lipinski definition) is 2. The van der Waals surface area contributed by atoms with E-state index in [1.807, 2.05) is 48.5 Å². The zero-order valence-electron chi connectivity index (χ0n) is 21.5. The lowest BCUT2D eigenvalue weighted by Gasteiger charge is -2.04. The van der Waals surface area contributed by atoms with Gasteiger partial charge in [-0.25, -0.2) is 9.97 Å². The minimum Gasteiger partial charge on any atom is -0.497 e. The molecule has 0 amide bonds. The van der Waals surface area contributed by atoms with Gasteiger partial charge < -0.3 is 20.5 Å². The van der Waals surface area contributed by atoms with Crippen LogP contribution in [-0.4, -0.2) is 78.2 Å². The molecule has 2 aromatic carbocycles. The Labute approximate surface area is 227 Å². The zero-order chi connectivity index (χ0) is 27.8. The molecule has 0 saturated heterocycles. The molecule has 0 fully saturated rings. The van der Waals surface area contributed by atoms with Crippen molar-refractivity contribution in [2.75, 3.05) is 33.6 Å². The van der Waals surface area contributed by atoms with Crippen LogP contribution in [0.4, 0.5) is 5.95 Å². The number of nitrogens with one attached hydrogen (secondary N) is 1. The molecule has 200 valence electrons. The lowest BCUT2D eigenvalue weighted by molar-refractivity contribution is 0.414. The molecule has 0 aliphatic carbocycles. The third-order valence-electron chi connectivity index (χ3n) is 5.21. The summed E-state index contributed by atoms with van der Waals surface area (Å²) in [6.45, 7) is 0. The number of aromatic nitrogens is 10. The number of ether oxygens (including phenoxy) is 2. The van der Waals surface area contributed by atoms with Crippen LogP contribution in [0.1, 0.15) is 0 Å². The van der Waals surface area contributed by atoms with Gasteiger partial charge in [-0.2, -0.15) is 19.3 Å². The monoisotopic (exact) mass is 548 g/mol. The van der Waals surface area contributed by atoms with E-state index in [0.717, 1.165) is 22.9 Å². The van der Waals surface area contributed by atoms with Gasteiger partial charge in [-0.3, -0.25) is 0 Å². The predicted octanol–water partition coefficient (Wildman–Crippen LogP) is 2.71. The first kappa shape index (κ1) is 27.1. The topological polar surface area (TPSA) is 169 Å². The summed E-state index contributed by atoms with van der Waals surface area (Å²) in [6, 6.07) is 14.9. The Morgan fingerprint density at radius 3 is 1.64 bits per heavy atom. The number of anilines is 1. The van der Waals surface area contributed by atoms with Crippen molar-refractivity contribution in [3.8, 4) is 22.9 Å². The van der Waals surface area contributed by atoms with Gasteiger partial charge in [-0.05, 0) is 67.2 Å². The maximum Gasteiger partial charge on any atom is 0.224 e. The molecular weight excluding hydrogens is 524 g/mol. The summed E-state index contributed by atoms with van der Waals surface area (Å²) >= 11 is 5.77. The fourth-order valence-corrected chi connectivity index (χ4v) is 3.48. The number of fused-ring (bicyclic) bond motifs is 2. The minimum absolute atomic E-state index is 0.166.